The summed E-state index contributed by atoms with van der Waals surface area (Å²) in [5.74, 6) is 0.153. The van der Waals surface area contributed by atoms with Crippen LogP contribution in [0.25, 0.3) is 10.8 Å². The van der Waals surface area contributed by atoms with Crippen molar-refractivity contribution in [1.82, 2.24) is 0 Å². The molecule has 20 heavy (non-hydrogen) atoms. The average molecular weight is 325 g/mol. The van der Waals surface area contributed by atoms with Crippen LogP contribution in [0.4, 0.5) is 0 Å². The molecule has 0 aliphatic heterocycles. The first-order valence-corrected chi connectivity index (χ1v) is 7.29. The number of carbonyl (C=O) groups is 1. The molecule has 3 aromatic rings. The molecule has 3 rings (SSSR count). The van der Waals surface area contributed by atoms with Crippen molar-refractivity contribution in [2.24, 2.45) is 0 Å². The summed E-state index contributed by atoms with van der Waals surface area (Å²) in [5.41, 5.74) is 1.83. The maximum atomic E-state index is 12.5. The van der Waals surface area contributed by atoms with Crippen molar-refractivity contribution in [2.45, 2.75) is 6.42 Å². The van der Waals surface area contributed by atoms with Crippen LogP contribution in [-0.4, -0.2) is 5.78 Å². The van der Waals surface area contributed by atoms with Crippen molar-refractivity contribution in [3.05, 3.63) is 82.3 Å². The average Bonchev–Trinajstić information content (AvgIpc) is 2.47. The van der Waals surface area contributed by atoms with Gasteiger partial charge in [-0.2, -0.15) is 0 Å². The number of hydrogen-bond donors (Lipinski definition) is 0. The number of fused-ring (bicyclic) bond motifs is 1. The Balaban J connectivity index is 2.01. The zero-order valence-electron chi connectivity index (χ0n) is 10.8. The Morgan fingerprint density at radius 1 is 0.900 bits per heavy atom. The van der Waals surface area contributed by atoms with E-state index in [-0.39, 0.29) is 5.78 Å². The number of hydrogen-bond acceptors (Lipinski definition) is 1. The highest BCUT2D eigenvalue weighted by Crippen LogP contribution is 2.24. The van der Waals surface area contributed by atoms with Gasteiger partial charge in [0.25, 0.3) is 0 Å². The van der Waals surface area contributed by atoms with E-state index >= 15 is 0 Å². The normalized spacial score (nSPS) is 10.7. The van der Waals surface area contributed by atoms with E-state index < -0.39 is 0 Å². The van der Waals surface area contributed by atoms with Crippen molar-refractivity contribution in [2.75, 3.05) is 0 Å². The summed E-state index contributed by atoms with van der Waals surface area (Å²) in [6, 6.07) is 21.8. The van der Waals surface area contributed by atoms with Gasteiger partial charge in [-0.15, -0.1) is 0 Å². The minimum Gasteiger partial charge on any atom is -0.294 e. The van der Waals surface area contributed by atoms with Gasteiger partial charge in [0, 0.05) is 16.5 Å². The molecule has 0 aliphatic rings. The van der Waals surface area contributed by atoms with Gasteiger partial charge in [-0.3, -0.25) is 4.79 Å². The monoisotopic (exact) mass is 324 g/mol. The summed E-state index contributed by atoms with van der Waals surface area (Å²) in [4.78, 5) is 12.5. The molecule has 0 saturated heterocycles. The largest absolute Gasteiger partial charge is 0.294 e. The molecule has 0 atom stereocenters. The fourth-order valence-corrected chi connectivity index (χ4v) is 2.73. The van der Waals surface area contributed by atoms with Gasteiger partial charge < -0.3 is 0 Å². The lowest BCUT2D eigenvalue weighted by Crippen LogP contribution is -2.04. The van der Waals surface area contributed by atoms with E-state index in [1.807, 2.05) is 66.7 Å². The first kappa shape index (κ1) is 13.1. The van der Waals surface area contributed by atoms with Crippen LogP contribution in [0, 0.1) is 0 Å². The molecule has 0 fully saturated rings. The predicted octanol–water partition coefficient (Wildman–Crippen LogP) is 5.03. The second kappa shape index (κ2) is 5.59. The molecule has 0 N–H and O–H groups in total. The number of ketones is 1. The fraction of sp³-hybridized carbons (Fsp3) is 0.0556. The minimum atomic E-state index is 0.153. The molecule has 1 nitrogen and oxygen atoms in total. The Labute approximate surface area is 126 Å². The molecule has 0 unspecified atom stereocenters. The van der Waals surface area contributed by atoms with Crippen LogP contribution in [0.15, 0.2) is 71.2 Å². The highest BCUT2D eigenvalue weighted by Gasteiger charge is 2.10. The molecular weight excluding hydrogens is 312 g/mol. The molecular formula is C18H13BrO. The number of benzene rings is 3. The van der Waals surface area contributed by atoms with Crippen molar-refractivity contribution < 1.29 is 4.79 Å². The summed E-state index contributed by atoms with van der Waals surface area (Å²) in [6.07, 6.45) is 0.437. The summed E-state index contributed by atoms with van der Waals surface area (Å²) in [6.45, 7) is 0. The maximum Gasteiger partial charge on any atom is 0.167 e. The number of Topliss-reactive ketones (excluding diaryl/α,β-unsaturated/α-hetero) is 1. The van der Waals surface area contributed by atoms with Crippen LogP contribution in [0.2, 0.25) is 0 Å². The molecule has 0 heterocycles. The van der Waals surface area contributed by atoms with Crippen molar-refractivity contribution in [3.63, 3.8) is 0 Å². The molecule has 98 valence electrons. The van der Waals surface area contributed by atoms with Crippen molar-refractivity contribution >= 4 is 32.5 Å². The number of carbonyl (C=O) groups excluding carboxylic acids is 1. The van der Waals surface area contributed by atoms with E-state index in [4.69, 9.17) is 0 Å². The number of rotatable bonds is 3. The first-order valence-electron chi connectivity index (χ1n) is 6.49. The van der Waals surface area contributed by atoms with Gasteiger partial charge >= 0.3 is 0 Å². The van der Waals surface area contributed by atoms with Crippen molar-refractivity contribution in [1.29, 1.82) is 0 Å². The second-order valence-electron chi connectivity index (χ2n) is 4.76. The molecule has 2 heteroatoms. The quantitative estimate of drug-likeness (QED) is 0.618. The minimum absolute atomic E-state index is 0.153. The molecule has 0 amide bonds. The SMILES string of the molecule is O=C(Cc1ccccc1)c1cccc2ccc(Br)cc12. The second-order valence-corrected chi connectivity index (χ2v) is 5.67. The van der Waals surface area contributed by atoms with Crippen LogP contribution in [-0.2, 0) is 6.42 Å². The third kappa shape index (κ3) is 2.66. The molecule has 0 spiro atoms. The maximum absolute atomic E-state index is 12.5. The fourth-order valence-electron chi connectivity index (χ4n) is 2.36. The van der Waals surface area contributed by atoms with Crippen LogP contribution < -0.4 is 0 Å². The zero-order valence-corrected chi connectivity index (χ0v) is 12.4. The lowest BCUT2D eigenvalue weighted by Gasteiger charge is -2.06. The Morgan fingerprint density at radius 3 is 2.50 bits per heavy atom. The zero-order chi connectivity index (χ0) is 13.9. The van der Waals surface area contributed by atoms with Crippen LogP contribution >= 0.6 is 15.9 Å². The summed E-state index contributed by atoms with van der Waals surface area (Å²) < 4.78 is 0.991. The topological polar surface area (TPSA) is 17.1 Å². The van der Waals surface area contributed by atoms with Gasteiger partial charge in [-0.25, -0.2) is 0 Å². The third-order valence-corrected chi connectivity index (χ3v) is 3.85. The van der Waals surface area contributed by atoms with Gasteiger partial charge in [-0.05, 0) is 28.5 Å². The Morgan fingerprint density at radius 2 is 1.70 bits per heavy atom. The van der Waals surface area contributed by atoms with E-state index in [1.54, 1.807) is 0 Å². The third-order valence-electron chi connectivity index (χ3n) is 3.35. The predicted molar refractivity (Wildman–Crippen MR) is 86.1 cm³/mol. The van der Waals surface area contributed by atoms with E-state index in [0.717, 1.165) is 26.4 Å². The van der Waals surface area contributed by atoms with Crippen LogP contribution in [0.5, 0.6) is 0 Å². The smallest absolute Gasteiger partial charge is 0.167 e. The van der Waals surface area contributed by atoms with Gasteiger partial charge in [0.1, 0.15) is 0 Å². The van der Waals surface area contributed by atoms with Gasteiger partial charge in [0.15, 0.2) is 5.78 Å². The van der Waals surface area contributed by atoms with Gasteiger partial charge in [0.05, 0.1) is 0 Å². The van der Waals surface area contributed by atoms with E-state index in [9.17, 15) is 4.79 Å². The number of halogens is 1. The highest BCUT2D eigenvalue weighted by molar-refractivity contribution is 9.10. The van der Waals surface area contributed by atoms with E-state index in [0.29, 0.717) is 6.42 Å². The highest BCUT2D eigenvalue weighted by atomic mass is 79.9. The van der Waals surface area contributed by atoms with Gasteiger partial charge in [-0.1, -0.05) is 70.5 Å². The molecule has 0 saturated carbocycles. The summed E-state index contributed by atoms with van der Waals surface area (Å²) >= 11 is 3.47. The molecule has 0 bridgehead atoms. The lowest BCUT2D eigenvalue weighted by molar-refractivity contribution is 0.0994. The van der Waals surface area contributed by atoms with Crippen LogP contribution in [0.1, 0.15) is 15.9 Å². The molecule has 0 aliphatic carbocycles. The lowest BCUT2D eigenvalue weighted by atomic mass is 9.97. The Kier molecular flexibility index (Phi) is 3.66. The van der Waals surface area contributed by atoms with Crippen LogP contribution in [0.3, 0.4) is 0 Å². The standard InChI is InChI=1S/C18H13BrO/c19-15-10-9-14-7-4-8-16(17(14)12-15)18(20)11-13-5-2-1-3-6-13/h1-10,12H,11H2. The summed E-state index contributed by atoms with van der Waals surface area (Å²) in [5, 5.41) is 2.09. The Hall–Kier alpha value is -1.93. The van der Waals surface area contributed by atoms with E-state index in [1.165, 1.54) is 0 Å². The van der Waals surface area contributed by atoms with Gasteiger partial charge in [0.2, 0.25) is 0 Å². The molecule has 0 radical (unpaired) electrons. The molecule has 0 aromatic heterocycles. The van der Waals surface area contributed by atoms with E-state index in [2.05, 4.69) is 15.9 Å². The van der Waals surface area contributed by atoms with Crippen molar-refractivity contribution in [3.8, 4) is 0 Å². The molecule has 3 aromatic carbocycles. The Bertz CT molecular complexity index is 763. The summed E-state index contributed by atoms with van der Waals surface area (Å²) in [7, 11) is 0. The first-order chi connectivity index (χ1) is 9.74.